The van der Waals surface area contributed by atoms with Gasteiger partial charge >= 0.3 is 0 Å². The molecule has 5 heteroatoms. The Balaban J connectivity index is 1.77. The van der Waals surface area contributed by atoms with E-state index >= 15 is 0 Å². The SMILES string of the molecule is Fc1cccc(Cc2nnc(C(Cl)c3ccccc3)o2)c1. The summed E-state index contributed by atoms with van der Waals surface area (Å²) in [6.07, 6.45) is 0.378. The van der Waals surface area contributed by atoms with E-state index in [4.69, 9.17) is 16.0 Å². The molecule has 106 valence electrons. The van der Waals surface area contributed by atoms with Crippen molar-refractivity contribution in [2.45, 2.75) is 11.8 Å². The largest absolute Gasteiger partial charge is 0.423 e. The molecule has 2 aromatic carbocycles. The minimum absolute atomic E-state index is 0.285. The molecular formula is C16H12ClFN2O. The molecule has 0 amide bonds. The Hall–Kier alpha value is -2.20. The van der Waals surface area contributed by atoms with E-state index in [1.807, 2.05) is 36.4 Å². The average molecular weight is 303 g/mol. The van der Waals surface area contributed by atoms with Gasteiger partial charge in [0.15, 0.2) is 0 Å². The molecule has 0 bridgehead atoms. The van der Waals surface area contributed by atoms with Gasteiger partial charge in [-0.25, -0.2) is 4.39 Å². The summed E-state index contributed by atoms with van der Waals surface area (Å²) in [4.78, 5) is 0. The molecule has 0 aliphatic carbocycles. The number of hydrogen-bond donors (Lipinski definition) is 0. The van der Waals surface area contributed by atoms with Gasteiger partial charge in [0.2, 0.25) is 11.8 Å². The van der Waals surface area contributed by atoms with Gasteiger partial charge < -0.3 is 4.42 Å². The summed E-state index contributed by atoms with van der Waals surface area (Å²) in [6.45, 7) is 0. The Kier molecular flexibility index (Phi) is 3.97. The predicted octanol–water partition coefficient (Wildman–Crippen LogP) is 4.13. The van der Waals surface area contributed by atoms with Crippen LogP contribution in [0.3, 0.4) is 0 Å². The smallest absolute Gasteiger partial charge is 0.238 e. The third-order valence-corrected chi connectivity index (χ3v) is 3.47. The van der Waals surface area contributed by atoms with Crippen LogP contribution in [-0.2, 0) is 6.42 Å². The molecule has 1 unspecified atom stereocenters. The Bertz CT molecular complexity index is 730. The molecule has 0 aliphatic heterocycles. The van der Waals surface area contributed by atoms with Crippen LogP contribution in [0.5, 0.6) is 0 Å². The molecule has 21 heavy (non-hydrogen) atoms. The number of hydrogen-bond acceptors (Lipinski definition) is 3. The van der Waals surface area contributed by atoms with Crippen LogP contribution >= 0.6 is 11.6 Å². The van der Waals surface area contributed by atoms with Crippen molar-refractivity contribution in [1.29, 1.82) is 0 Å². The Morgan fingerprint density at radius 1 is 1.05 bits per heavy atom. The quantitative estimate of drug-likeness (QED) is 0.680. The van der Waals surface area contributed by atoms with Gasteiger partial charge in [-0.05, 0) is 23.3 Å². The van der Waals surface area contributed by atoms with Crippen molar-refractivity contribution in [3.8, 4) is 0 Å². The maximum Gasteiger partial charge on any atom is 0.238 e. The van der Waals surface area contributed by atoms with Crippen LogP contribution in [0.25, 0.3) is 0 Å². The van der Waals surface area contributed by atoms with Crippen LogP contribution < -0.4 is 0 Å². The van der Waals surface area contributed by atoms with Gasteiger partial charge in [-0.1, -0.05) is 42.5 Å². The monoisotopic (exact) mass is 302 g/mol. The molecule has 1 atom stereocenters. The summed E-state index contributed by atoms with van der Waals surface area (Å²) in [5.41, 5.74) is 1.66. The standard InChI is InChI=1S/C16H12ClFN2O/c17-15(12-6-2-1-3-7-12)16-20-19-14(21-16)10-11-5-4-8-13(18)9-11/h1-9,15H,10H2. The summed E-state index contributed by atoms with van der Waals surface area (Å²) in [5.74, 6) is 0.471. The zero-order chi connectivity index (χ0) is 14.7. The topological polar surface area (TPSA) is 38.9 Å². The highest BCUT2D eigenvalue weighted by atomic mass is 35.5. The molecule has 3 rings (SSSR count). The highest BCUT2D eigenvalue weighted by molar-refractivity contribution is 6.22. The van der Waals surface area contributed by atoms with Crippen molar-refractivity contribution in [1.82, 2.24) is 10.2 Å². The van der Waals surface area contributed by atoms with Crippen molar-refractivity contribution < 1.29 is 8.81 Å². The summed E-state index contributed by atoms with van der Waals surface area (Å²) in [5, 5.41) is 7.45. The lowest BCUT2D eigenvalue weighted by Gasteiger charge is -2.03. The maximum absolute atomic E-state index is 13.1. The first-order valence-electron chi connectivity index (χ1n) is 6.48. The van der Waals surface area contributed by atoms with Crippen LogP contribution in [0.1, 0.15) is 28.3 Å². The van der Waals surface area contributed by atoms with Crippen molar-refractivity contribution in [3.05, 3.63) is 83.3 Å². The second-order valence-corrected chi connectivity index (χ2v) is 5.05. The fourth-order valence-corrected chi connectivity index (χ4v) is 2.26. The van der Waals surface area contributed by atoms with E-state index in [0.29, 0.717) is 18.2 Å². The molecule has 1 aromatic heterocycles. The van der Waals surface area contributed by atoms with E-state index in [0.717, 1.165) is 11.1 Å². The zero-order valence-electron chi connectivity index (χ0n) is 11.0. The summed E-state index contributed by atoms with van der Waals surface area (Å²) in [6, 6.07) is 15.8. The van der Waals surface area contributed by atoms with Gasteiger partial charge in [0.05, 0.1) is 6.42 Å². The molecule has 0 aliphatic rings. The lowest BCUT2D eigenvalue weighted by atomic mass is 10.1. The molecule has 3 nitrogen and oxygen atoms in total. The zero-order valence-corrected chi connectivity index (χ0v) is 11.8. The van der Waals surface area contributed by atoms with E-state index in [9.17, 15) is 4.39 Å². The normalized spacial score (nSPS) is 12.3. The van der Waals surface area contributed by atoms with E-state index in [2.05, 4.69) is 10.2 Å². The molecule has 0 fully saturated rings. The van der Waals surface area contributed by atoms with Gasteiger partial charge in [0.1, 0.15) is 11.2 Å². The number of benzene rings is 2. The number of halogens is 2. The van der Waals surface area contributed by atoms with Crippen LogP contribution in [0, 0.1) is 5.82 Å². The predicted molar refractivity (Wildman–Crippen MR) is 77.6 cm³/mol. The second kappa shape index (κ2) is 6.06. The first-order valence-corrected chi connectivity index (χ1v) is 6.92. The lowest BCUT2D eigenvalue weighted by Crippen LogP contribution is -1.92. The number of rotatable bonds is 4. The Morgan fingerprint density at radius 2 is 1.86 bits per heavy atom. The first kappa shape index (κ1) is 13.8. The molecule has 0 spiro atoms. The number of alkyl halides is 1. The molecule has 0 N–H and O–H groups in total. The molecule has 1 heterocycles. The van der Waals surface area contributed by atoms with Crippen molar-refractivity contribution in [2.24, 2.45) is 0 Å². The van der Waals surface area contributed by atoms with Crippen LogP contribution in [0.2, 0.25) is 0 Å². The van der Waals surface area contributed by atoms with Gasteiger partial charge in [-0.15, -0.1) is 21.8 Å². The third kappa shape index (κ3) is 3.28. The summed E-state index contributed by atoms with van der Waals surface area (Å²) >= 11 is 6.32. The van der Waals surface area contributed by atoms with Crippen LogP contribution in [-0.4, -0.2) is 10.2 Å². The van der Waals surface area contributed by atoms with Crippen molar-refractivity contribution in [2.75, 3.05) is 0 Å². The minimum atomic E-state index is -0.486. The Morgan fingerprint density at radius 3 is 2.62 bits per heavy atom. The average Bonchev–Trinajstić information content (AvgIpc) is 2.96. The fraction of sp³-hybridized carbons (Fsp3) is 0.125. The minimum Gasteiger partial charge on any atom is -0.423 e. The highest BCUT2D eigenvalue weighted by Crippen LogP contribution is 2.27. The van der Waals surface area contributed by atoms with Gasteiger partial charge in [-0.2, -0.15) is 0 Å². The second-order valence-electron chi connectivity index (χ2n) is 4.61. The number of aromatic nitrogens is 2. The maximum atomic E-state index is 13.1. The molecule has 0 saturated heterocycles. The van der Waals surface area contributed by atoms with Crippen LogP contribution in [0.4, 0.5) is 4.39 Å². The van der Waals surface area contributed by atoms with Gasteiger partial charge in [0.25, 0.3) is 0 Å². The lowest BCUT2D eigenvalue weighted by molar-refractivity contribution is 0.462. The van der Waals surface area contributed by atoms with E-state index in [-0.39, 0.29) is 5.82 Å². The van der Waals surface area contributed by atoms with Gasteiger partial charge in [-0.3, -0.25) is 0 Å². The molecule has 3 aromatic rings. The van der Waals surface area contributed by atoms with Gasteiger partial charge in [0, 0.05) is 0 Å². The molecule has 0 saturated carbocycles. The van der Waals surface area contributed by atoms with E-state index < -0.39 is 5.38 Å². The first-order chi connectivity index (χ1) is 10.2. The van der Waals surface area contributed by atoms with E-state index in [1.165, 1.54) is 12.1 Å². The van der Waals surface area contributed by atoms with Crippen molar-refractivity contribution in [3.63, 3.8) is 0 Å². The summed E-state index contributed by atoms with van der Waals surface area (Å²) < 4.78 is 18.7. The highest BCUT2D eigenvalue weighted by Gasteiger charge is 2.18. The molecular weight excluding hydrogens is 291 g/mol. The number of nitrogens with zero attached hydrogens (tertiary/aromatic N) is 2. The summed E-state index contributed by atoms with van der Waals surface area (Å²) in [7, 11) is 0. The Labute approximate surface area is 126 Å². The van der Waals surface area contributed by atoms with E-state index in [1.54, 1.807) is 6.07 Å². The van der Waals surface area contributed by atoms with Crippen LogP contribution in [0.15, 0.2) is 59.0 Å². The van der Waals surface area contributed by atoms with Crippen molar-refractivity contribution >= 4 is 11.6 Å². The molecule has 0 radical (unpaired) electrons. The fourth-order valence-electron chi connectivity index (χ4n) is 2.03. The third-order valence-electron chi connectivity index (χ3n) is 3.04.